The van der Waals surface area contributed by atoms with Crippen molar-refractivity contribution >= 4 is 11.6 Å². The van der Waals surface area contributed by atoms with Gasteiger partial charge in [0.15, 0.2) is 0 Å². The largest absolute Gasteiger partial charge is 0.271 e. The zero-order valence-corrected chi connectivity index (χ0v) is 15.8. The highest BCUT2D eigenvalue weighted by molar-refractivity contribution is 6.00. The fraction of sp³-hybridized carbons (Fsp3) is 0.250. The van der Waals surface area contributed by atoms with E-state index in [4.69, 9.17) is 0 Å². The molecular weight excluding hydrogens is 340 g/mol. The van der Waals surface area contributed by atoms with Gasteiger partial charge in [0.1, 0.15) is 6.33 Å². The van der Waals surface area contributed by atoms with Gasteiger partial charge in [-0.3, -0.25) is 4.79 Å². The Morgan fingerprint density at radius 3 is 2.19 bits per heavy atom. The number of hydrazone groups is 1. The third-order valence-electron chi connectivity index (χ3n) is 4.24. The van der Waals surface area contributed by atoms with E-state index >= 15 is 0 Å². The van der Waals surface area contributed by atoms with E-state index in [0.29, 0.717) is 11.3 Å². The number of carbonyl (C=O) groups is 1. The number of amides is 1. The van der Waals surface area contributed by atoms with Crippen molar-refractivity contribution in [2.45, 2.75) is 33.1 Å². The summed E-state index contributed by atoms with van der Waals surface area (Å²) in [5.41, 5.74) is 6.87. The monoisotopic (exact) mass is 362 g/mol. The van der Waals surface area contributed by atoms with Crippen LogP contribution in [0.2, 0.25) is 0 Å². The molecule has 1 amide bonds. The van der Waals surface area contributed by atoms with Gasteiger partial charge in [-0.15, -0.1) is 5.10 Å². The number of carbonyl (C=O) groups excluding carboxylic acids is 1. The van der Waals surface area contributed by atoms with E-state index in [0.717, 1.165) is 11.3 Å². The van der Waals surface area contributed by atoms with Crippen LogP contribution in [0, 0.1) is 0 Å². The van der Waals surface area contributed by atoms with Gasteiger partial charge in [-0.25, -0.2) is 10.1 Å². The maximum Gasteiger partial charge on any atom is 0.271 e. The summed E-state index contributed by atoms with van der Waals surface area (Å²) in [6.07, 6.45) is 1.53. The van der Waals surface area contributed by atoms with E-state index in [1.54, 1.807) is 4.68 Å². The second-order valence-electron chi connectivity index (χ2n) is 7.27. The molecule has 0 atom stereocenters. The number of rotatable bonds is 4. The Morgan fingerprint density at radius 1 is 1.00 bits per heavy atom. The fourth-order valence-electron chi connectivity index (χ4n) is 2.52. The molecule has 0 radical (unpaired) electrons. The predicted molar refractivity (Wildman–Crippen MR) is 104 cm³/mol. The Bertz CT molecular complexity index is 936. The minimum absolute atomic E-state index is 0.0538. The number of benzene rings is 2. The van der Waals surface area contributed by atoms with Crippen LogP contribution in [0.25, 0.3) is 5.69 Å². The Kier molecular flexibility index (Phi) is 5.12. The Labute approximate surface area is 158 Å². The van der Waals surface area contributed by atoms with Crippen LogP contribution in [0.5, 0.6) is 0 Å². The highest BCUT2D eigenvalue weighted by Crippen LogP contribution is 2.22. The van der Waals surface area contributed by atoms with Crippen molar-refractivity contribution in [3.63, 3.8) is 0 Å². The van der Waals surface area contributed by atoms with Crippen molar-refractivity contribution in [1.29, 1.82) is 0 Å². The molecule has 0 aliphatic heterocycles. The number of nitrogens with one attached hydrogen (secondary N) is 1. The highest BCUT2D eigenvalue weighted by atomic mass is 16.2. The van der Waals surface area contributed by atoms with Crippen molar-refractivity contribution in [2.24, 2.45) is 5.10 Å². The molecule has 27 heavy (non-hydrogen) atoms. The summed E-state index contributed by atoms with van der Waals surface area (Å²) in [5, 5.41) is 15.3. The first-order chi connectivity index (χ1) is 12.8. The second kappa shape index (κ2) is 7.49. The lowest BCUT2D eigenvalue weighted by molar-refractivity contribution is 0.0955. The van der Waals surface area contributed by atoms with Crippen molar-refractivity contribution in [1.82, 2.24) is 25.6 Å². The van der Waals surface area contributed by atoms with E-state index in [-0.39, 0.29) is 11.3 Å². The first-order valence-electron chi connectivity index (χ1n) is 8.63. The average molecular weight is 362 g/mol. The summed E-state index contributed by atoms with van der Waals surface area (Å²) in [4.78, 5) is 12.3. The van der Waals surface area contributed by atoms with Gasteiger partial charge in [-0.2, -0.15) is 5.10 Å². The molecule has 0 aliphatic carbocycles. The quantitative estimate of drug-likeness (QED) is 0.571. The SMILES string of the molecule is C/C(=N/NC(=O)c1ccc(C(C)(C)C)cc1)c1ccc(-n2cnnn2)cc1. The van der Waals surface area contributed by atoms with Gasteiger partial charge < -0.3 is 0 Å². The fourth-order valence-corrected chi connectivity index (χ4v) is 2.52. The lowest BCUT2D eigenvalue weighted by Gasteiger charge is -2.18. The van der Waals surface area contributed by atoms with E-state index in [1.807, 2.05) is 55.5 Å². The molecule has 0 bridgehead atoms. The number of hydrogen-bond donors (Lipinski definition) is 1. The summed E-state index contributed by atoms with van der Waals surface area (Å²) in [6, 6.07) is 15.2. The Balaban J connectivity index is 1.67. The second-order valence-corrected chi connectivity index (χ2v) is 7.27. The van der Waals surface area contributed by atoms with Gasteiger partial charge in [0, 0.05) is 5.56 Å². The summed E-state index contributed by atoms with van der Waals surface area (Å²) in [6.45, 7) is 8.26. The van der Waals surface area contributed by atoms with Crippen LogP contribution < -0.4 is 5.43 Å². The van der Waals surface area contributed by atoms with E-state index < -0.39 is 0 Å². The maximum atomic E-state index is 12.3. The highest BCUT2D eigenvalue weighted by Gasteiger charge is 2.14. The first kappa shape index (κ1) is 18.4. The molecular formula is C20H22N6O. The lowest BCUT2D eigenvalue weighted by atomic mass is 9.87. The summed E-state index contributed by atoms with van der Waals surface area (Å²) in [7, 11) is 0. The molecule has 7 nitrogen and oxygen atoms in total. The molecule has 138 valence electrons. The maximum absolute atomic E-state index is 12.3. The topological polar surface area (TPSA) is 85.1 Å². The average Bonchev–Trinajstić information content (AvgIpc) is 3.20. The molecule has 0 spiro atoms. The predicted octanol–water partition coefficient (Wildman–Crippen LogP) is 3.11. The molecule has 1 heterocycles. The van der Waals surface area contributed by atoms with Crippen molar-refractivity contribution in [3.05, 3.63) is 71.5 Å². The molecule has 0 fully saturated rings. The van der Waals surface area contributed by atoms with Gasteiger partial charge in [-0.05, 0) is 58.2 Å². The zero-order chi connectivity index (χ0) is 19.4. The Morgan fingerprint density at radius 2 is 1.63 bits per heavy atom. The summed E-state index contributed by atoms with van der Waals surface area (Å²) in [5.74, 6) is -0.236. The molecule has 1 aromatic heterocycles. The lowest BCUT2D eigenvalue weighted by Crippen LogP contribution is -2.20. The molecule has 3 aromatic rings. The smallest absolute Gasteiger partial charge is 0.267 e. The summed E-state index contributed by atoms with van der Waals surface area (Å²) < 4.78 is 1.57. The zero-order valence-electron chi connectivity index (χ0n) is 15.8. The van der Waals surface area contributed by atoms with Gasteiger partial charge >= 0.3 is 0 Å². The molecule has 7 heteroatoms. The minimum Gasteiger partial charge on any atom is -0.267 e. The Hall–Kier alpha value is -3.35. The third-order valence-corrected chi connectivity index (χ3v) is 4.24. The van der Waals surface area contributed by atoms with Crippen LogP contribution in [0.1, 0.15) is 49.2 Å². The van der Waals surface area contributed by atoms with E-state index in [1.165, 1.54) is 11.9 Å². The van der Waals surface area contributed by atoms with Crippen LogP contribution in [-0.2, 0) is 5.41 Å². The molecule has 0 saturated carbocycles. The number of tetrazole rings is 1. The minimum atomic E-state index is -0.236. The first-order valence-corrected chi connectivity index (χ1v) is 8.63. The molecule has 2 aromatic carbocycles. The van der Waals surface area contributed by atoms with Crippen LogP contribution >= 0.6 is 0 Å². The standard InChI is InChI=1S/C20H22N6O/c1-14(15-7-11-18(12-8-15)26-13-21-24-25-26)22-23-19(27)16-5-9-17(10-6-16)20(2,3)4/h5-13H,1-4H3,(H,23,27)/b22-14-. The molecule has 0 aliphatic rings. The van der Waals surface area contributed by atoms with Crippen LogP contribution in [0.4, 0.5) is 0 Å². The number of nitrogens with zero attached hydrogens (tertiary/aromatic N) is 5. The van der Waals surface area contributed by atoms with Gasteiger partial charge in [0.05, 0.1) is 11.4 Å². The van der Waals surface area contributed by atoms with Crippen molar-refractivity contribution in [2.75, 3.05) is 0 Å². The number of aromatic nitrogens is 4. The van der Waals surface area contributed by atoms with E-state index in [2.05, 4.69) is 46.8 Å². The third kappa shape index (κ3) is 4.44. The van der Waals surface area contributed by atoms with Crippen LogP contribution in [0.15, 0.2) is 60.0 Å². The van der Waals surface area contributed by atoms with Gasteiger partial charge in [-0.1, -0.05) is 45.0 Å². The molecule has 0 saturated heterocycles. The van der Waals surface area contributed by atoms with Crippen molar-refractivity contribution < 1.29 is 4.79 Å². The van der Waals surface area contributed by atoms with E-state index in [9.17, 15) is 4.79 Å². The van der Waals surface area contributed by atoms with Gasteiger partial charge in [0.25, 0.3) is 5.91 Å². The summed E-state index contributed by atoms with van der Waals surface area (Å²) >= 11 is 0. The van der Waals surface area contributed by atoms with Crippen LogP contribution in [-0.4, -0.2) is 31.8 Å². The molecule has 1 N–H and O–H groups in total. The van der Waals surface area contributed by atoms with Crippen molar-refractivity contribution in [3.8, 4) is 5.69 Å². The molecule has 0 unspecified atom stereocenters. The normalized spacial score (nSPS) is 12.1. The molecule has 3 rings (SSSR count). The number of hydrogen-bond acceptors (Lipinski definition) is 5. The van der Waals surface area contributed by atoms with Crippen LogP contribution in [0.3, 0.4) is 0 Å². The van der Waals surface area contributed by atoms with Gasteiger partial charge in [0.2, 0.25) is 0 Å².